The number of hydrogen-bond acceptors (Lipinski definition) is 3. The number of thiophene rings is 1. The van der Waals surface area contributed by atoms with Crippen molar-refractivity contribution in [3.63, 3.8) is 0 Å². The lowest BCUT2D eigenvalue weighted by atomic mass is 9.78. The van der Waals surface area contributed by atoms with E-state index in [1.807, 2.05) is 17.5 Å². The Bertz CT molecular complexity index is 377. The Morgan fingerprint density at radius 2 is 2.44 bits per heavy atom. The van der Waals surface area contributed by atoms with Crippen LogP contribution in [0, 0.1) is 11.8 Å². The van der Waals surface area contributed by atoms with Gasteiger partial charge in [0, 0.05) is 11.4 Å². The quantitative estimate of drug-likeness (QED) is 0.861. The Morgan fingerprint density at radius 3 is 3.06 bits per heavy atom. The van der Waals surface area contributed by atoms with Gasteiger partial charge in [-0.05, 0) is 36.1 Å². The molecule has 0 aromatic carbocycles. The molecule has 100 valence electrons. The molecule has 1 aromatic rings. The van der Waals surface area contributed by atoms with Gasteiger partial charge in [-0.15, -0.1) is 11.3 Å². The van der Waals surface area contributed by atoms with Crippen LogP contribution in [-0.2, 0) is 11.3 Å². The van der Waals surface area contributed by atoms with Crippen molar-refractivity contribution in [1.82, 2.24) is 5.32 Å². The van der Waals surface area contributed by atoms with Crippen LogP contribution in [0.3, 0.4) is 0 Å². The van der Waals surface area contributed by atoms with Crippen LogP contribution in [0.25, 0.3) is 0 Å². The molecule has 0 radical (unpaired) electrons. The van der Waals surface area contributed by atoms with E-state index in [4.69, 9.17) is 0 Å². The highest BCUT2D eigenvalue weighted by Crippen LogP contribution is 2.31. The van der Waals surface area contributed by atoms with Crippen molar-refractivity contribution in [2.24, 2.45) is 11.8 Å². The summed E-state index contributed by atoms with van der Waals surface area (Å²) in [4.78, 5) is 12.6. The minimum atomic E-state index is -0.703. The summed E-state index contributed by atoms with van der Waals surface area (Å²) < 4.78 is 0. The second-order valence-corrected chi connectivity index (χ2v) is 6.34. The maximum Gasteiger partial charge on any atom is 0.320 e. The molecule has 0 spiro atoms. The summed E-state index contributed by atoms with van der Waals surface area (Å²) in [5.74, 6) is 0.242. The lowest BCUT2D eigenvalue weighted by Crippen LogP contribution is -2.43. The molecular weight excluding hydrogens is 246 g/mol. The summed E-state index contributed by atoms with van der Waals surface area (Å²) in [6.45, 7) is 2.89. The van der Waals surface area contributed by atoms with Crippen LogP contribution in [0.4, 0.5) is 0 Å². The van der Waals surface area contributed by atoms with E-state index in [-0.39, 0.29) is 5.92 Å². The third-order valence-corrected chi connectivity index (χ3v) is 4.67. The van der Waals surface area contributed by atoms with Crippen LogP contribution in [0.5, 0.6) is 0 Å². The van der Waals surface area contributed by atoms with E-state index >= 15 is 0 Å². The van der Waals surface area contributed by atoms with Crippen LogP contribution >= 0.6 is 11.3 Å². The van der Waals surface area contributed by atoms with Gasteiger partial charge in [0.25, 0.3) is 0 Å². The summed E-state index contributed by atoms with van der Waals surface area (Å²) >= 11 is 1.67. The molecule has 0 saturated heterocycles. The predicted octanol–water partition coefficient (Wildman–Crippen LogP) is 3.12. The van der Waals surface area contributed by atoms with Crippen molar-refractivity contribution in [2.45, 2.75) is 45.2 Å². The summed E-state index contributed by atoms with van der Waals surface area (Å²) in [6.07, 6.45) is 4.48. The number of carboxylic acid groups (broad SMARTS) is 1. The number of aliphatic carboxylic acids is 1. The third-order valence-electron chi connectivity index (χ3n) is 3.79. The zero-order valence-corrected chi connectivity index (χ0v) is 11.6. The molecule has 2 N–H and O–H groups in total. The highest BCUT2D eigenvalue weighted by molar-refractivity contribution is 7.09. The van der Waals surface area contributed by atoms with E-state index in [1.165, 1.54) is 11.3 Å². The molecule has 2 rings (SSSR count). The largest absolute Gasteiger partial charge is 0.480 e. The molecule has 4 heteroatoms. The number of rotatable bonds is 5. The Labute approximate surface area is 112 Å². The number of hydrogen-bond donors (Lipinski definition) is 2. The molecule has 1 aromatic heterocycles. The van der Waals surface area contributed by atoms with Crippen molar-refractivity contribution in [2.75, 3.05) is 0 Å². The zero-order chi connectivity index (χ0) is 13.0. The molecule has 1 aliphatic carbocycles. The minimum absolute atomic E-state index is 0.284. The van der Waals surface area contributed by atoms with Gasteiger partial charge in [0.05, 0.1) is 0 Å². The van der Waals surface area contributed by atoms with Gasteiger partial charge < -0.3 is 5.11 Å². The standard InChI is InChI=1S/C14H21NO2S/c1-10-4-2-5-11(8-10)13(14(16)17)15-9-12-6-3-7-18-12/h3,6-7,10-11,13,15H,2,4-5,8-9H2,1H3,(H,16,17). The fourth-order valence-corrected chi connectivity index (χ4v) is 3.52. The van der Waals surface area contributed by atoms with Gasteiger partial charge in [0.2, 0.25) is 0 Å². The van der Waals surface area contributed by atoms with Gasteiger partial charge in [-0.25, -0.2) is 0 Å². The molecule has 0 amide bonds. The fourth-order valence-electron chi connectivity index (χ4n) is 2.86. The first kappa shape index (κ1) is 13.6. The Hall–Kier alpha value is -0.870. The Morgan fingerprint density at radius 1 is 1.61 bits per heavy atom. The zero-order valence-electron chi connectivity index (χ0n) is 10.8. The molecule has 1 heterocycles. The SMILES string of the molecule is CC1CCCC(C(NCc2cccs2)C(=O)O)C1. The average molecular weight is 267 g/mol. The molecule has 0 aliphatic heterocycles. The van der Waals surface area contributed by atoms with Crippen LogP contribution in [0.1, 0.15) is 37.5 Å². The first-order chi connectivity index (χ1) is 8.66. The molecule has 1 saturated carbocycles. The smallest absolute Gasteiger partial charge is 0.320 e. The predicted molar refractivity (Wildman–Crippen MR) is 73.7 cm³/mol. The lowest BCUT2D eigenvalue weighted by Gasteiger charge is -2.31. The van der Waals surface area contributed by atoms with Crippen molar-refractivity contribution < 1.29 is 9.90 Å². The van der Waals surface area contributed by atoms with Gasteiger partial charge in [0.1, 0.15) is 6.04 Å². The van der Waals surface area contributed by atoms with E-state index in [0.717, 1.165) is 19.3 Å². The van der Waals surface area contributed by atoms with Gasteiger partial charge in [0.15, 0.2) is 0 Å². The molecule has 1 aliphatic rings. The van der Waals surface area contributed by atoms with Gasteiger partial charge in [-0.2, -0.15) is 0 Å². The maximum atomic E-state index is 11.4. The molecule has 3 unspecified atom stereocenters. The highest BCUT2D eigenvalue weighted by Gasteiger charge is 2.31. The summed E-state index contributed by atoms with van der Waals surface area (Å²) in [5.41, 5.74) is 0. The molecule has 18 heavy (non-hydrogen) atoms. The third kappa shape index (κ3) is 3.56. The molecule has 1 fully saturated rings. The number of carboxylic acids is 1. The number of nitrogens with one attached hydrogen (secondary N) is 1. The summed E-state index contributed by atoms with van der Waals surface area (Å²) in [7, 11) is 0. The van der Waals surface area contributed by atoms with E-state index in [0.29, 0.717) is 12.5 Å². The lowest BCUT2D eigenvalue weighted by molar-refractivity contribution is -0.141. The second kappa shape index (κ2) is 6.34. The van der Waals surface area contributed by atoms with E-state index in [9.17, 15) is 9.90 Å². The van der Waals surface area contributed by atoms with Crippen LogP contribution in [0.2, 0.25) is 0 Å². The van der Waals surface area contributed by atoms with E-state index in [1.54, 1.807) is 11.3 Å². The van der Waals surface area contributed by atoms with Crippen LogP contribution in [-0.4, -0.2) is 17.1 Å². The van der Waals surface area contributed by atoms with Crippen molar-refractivity contribution in [3.8, 4) is 0 Å². The van der Waals surface area contributed by atoms with Gasteiger partial charge in [-0.3, -0.25) is 10.1 Å². The van der Waals surface area contributed by atoms with Crippen molar-refractivity contribution >= 4 is 17.3 Å². The summed E-state index contributed by atoms with van der Waals surface area (Å²) in [5, 5.41) is 14.6. The highest BCUT2D eigenvalue weighted by atomic mass is 32.1. The van der Waals surface area contributed by atoms with Crippen LogP contribution in [0.15, 0.2) is 17.5 Å². The van der Waals surface area contributed by atoms with Gasteiger partial charge in [-0.1, -0.05) is 25.8 Å². The first-order valence-corrected chi connectivity index (χ1v) is 7.53. The second-order valence-electron chi connectivity index (χ2n) is 5.31. The topological polar surface area (TPSA) is 49.3 Å². The van der Waals surface area contributed by atoms with Gasteiger partial charge >= 0.3 is 5.97 Å². The minimum Gasteiger partial charge on any atom is -0.480 e. The normalized spacial score (nSPS) is 25.8. The van der Waals surface area contributed by atoms with E-state index < -0.39 is 12.0 Å². The molecule has 0 bridgehead atoms. The Kier molecular flexibility index (Phi) is 4.78. The fraction of sp³-hybridized carbons (Fsp3) is 0.643. The molecule has 3 atom stereocenters. The van der Waals surface area contributed by atoms with Crippen molar-refractivity contribution in [3.05, 3.63) is 22.4 Å². The molecular formula is C14H21NO2S. The summed E-state index contributed by atoms with van der Waals surface area (Å²) in [6, 6.07) is 3.65. The first-order valence-electron chi connectivity index (χ1n) is 6.65. The average Bonchev–Trinajstić information content (AvgIpc) is 2.82. The maximum absolute atomic E-state index is 11.4. The van der Waals surface area contributed by atoms with Crippen LogP contribution < -0.4 is 5.32 Å². The Balaban J connectivity index is 1.92. The number of carbonyl (C=O) groups is 1. The van der Waals surface area contributed by atoms with E-state index in [2.05, 4.69) is 12.2 Å². The molecule has 3 nitrogen and oxygen atoms in total. The van der Waals surface area contributed by atoms with Crippen molar-refractivity contribution in [1.29, 1.82) is 0 Å². The monoisotopic (exact) mass is 267 g/mol.